The van der Waals surface area contributed by atoms with Gasteiger partial charge in [0.25, 0.3) is 0 Å². The van der Waals surface area contributed by atoms with Crippen molar-refractivity contribution in [2.75, 3.05) is 6.54 Å². The maximum atomic E-state index is 12.8. The van der Waals surface area contributed by atoms with Gasteiger partial charge in [-0.05, 0) is 38.0 Å². The fraction of sp³-hybridized carbons (Fsp3) is 0.538. The van der Waals surface area contributed by atoms with Crippen molar-refractivity contribution in [2.24, 2.45) is 0 Å². The average molecular weight is 342 g/mol. The average Bonchev–Trinajstić information content (AvgIpc) is 2.37. The van der Waals surface area contributed by atoms with Gasteiger partial charge in [0.05, 0.1) is 15.5 Å². The first-order valence-electron chi connectivity index (χ1n) is 6.52. The van der Waals surface area contributed by atoms with E-state index in [1.165, 1.54) is 4.31 Å². The van der Waals surface area contributed by atoms with Crippen LogP contribution in [0.3, 0.4) is 0 Å². The van der Waals surface area contributed by atoms with Crippen LogP contribution in [0.4, 0.5) is 13.2 Å². The summed E-state index contributed by atoms with van der Waals surface area (Å²) in [4.78, 5) is -0.368. The van der Waals surface area contributed by atoms with E-state index in [9.17, 15) is 21.6 Å². The zero-order valence-corrected chi connectivity index (χ0v) is 12.9. The fourth-order valence-corrected chi connectivity index (χ4v) is 4.40. The first kappa shape index (κ1) is 16.6. The molecule has 1 atom stereocenters. The summed E-state index contributed by atoms with van der Waals surface area (Å²) in [6, 6.07) is 2.49. The molecule has 1 heterocycles. The number of halogens is 4. The number of hydrogen-bond donors (Lipinski definition) is 0. The van der Waals surface area contributed by atoms with Gasteiger partial charge in [-0.25, -0.2) is 8.42 Å². The smallest absolute Gasteiger partial charge is 0.207 e. The molecule has 0 unspecified atom stereocenters. The van der Waals surface area contributed by atoms with E-state index in [-0.39, 0.29) is 10.9 Å². The lowest BCUT2D eigenvalue weighted by atomic mass is 10.1. The summed E-state index contributed by atoms with van der Waals surface area (Å²) in [5.41, 5.74) is -1.13. The summed E-state index contributed by atoms with van der Waals surface area (Å²) in [5.74, 6) is 0. The summed E-state index contributed by atoms with van der Waals surface area (Å²) >= 11 is 5.52. The highest BCUT2D eigenvalue weighted by molar-refractivity contribution is 7.89. The molecule has 21 heavy (non-hydrogen) atoms. The Balaban J connectivity index is 2.46. The van der Waals surface area contributed by atoms with Gasteiger partial charge < -0.3 is 0 Å². The van der Waals surface area contributed by atoms with Crippen molar-refractivity contribution in [3.05, 3.63) is 28.8 Å². The summed E-state index contributed by atoms with van der Waals surface area (Å²) in [5, 5.41) is -0.506. The molecular weight excluding hydrogens is 327 g/mol. The van der Waals surface area contributed by atoms with Crippen LogP contribution in [0.5, 0.6) is 0 Å². The summed E-state index contributed by atoms with van der Waals surface area (Å²) in [7, 11) is -3.94. The van der Waals surface area contributed by atoms with Crippen LogP contribution in [0.15, 0.2) is 23.1 Å². The molecule has 0 N–H and O–H groups in total. The third kappa shape index (κ3) is 3.35. The summed E-state index contributed by atoms with van der Waals surface area (Å²) in [6.07, 6.45) is -2.35. The van der Waals surface area contributed by atoms with E-state index in [1.807, 2.05) is 0 Å². The number of alkyl halides is 3. The highest BCUT2D eigenvalue weighted by atomic mass is 35.5. The zero-order chi connectivity index (χ0) is 15.8. The normalized spacial score (nSPS) is 21.5. The molecule has 0 saturated carbocycles. The molecule has 1 aromatic rings. The third-order valence-electron chi connectivity index (χ3n) is 3.59. The lowest BCUT2D eigenvalue weighted by molar-refractivity contribution is -0.137. The van der Waals surface area contributed by atoms with Crippen LogP contribution in [0.2, 0.25) is 5.02 Å². The molecule has 1 aliphatic heterocycles. The standard InChI is InChI=1S/C13H15ClF3NO2S/c1-9-4-2-3-7-18(9)21(19,20)10-5-6-12(14)11(8-10)13(15,16)17/h5-6,8-9H,2-4,7H2,1H3/t9-/m0/s1. The van der Waals surface area contributed by atoms with Crippen molar-refractivity contribution in [3.8, 4) is 0 Å². The molecule has 1 aromatic carbocycles. The Kier molecular flexibility index (Phi) is 4.56. The number of sulfonamides is 1. The lowest BCUT2D eigenvalue weighted by Gasteiger charge is -2.32. The van der Waals surface area contributed by atoms with Crippen LogP contribution in [-0.4, -0.2) is 25.3 Å². The fourth-order valence-electron chi connectivity index (χ4n) is 2.45. The second-order valence-electron chi connectivity index (χ2n) is 5.10. The largest absolute Gasteiger partial charge is 0.417 e. The van der Waals surface area contributed by atoms with Crippen molar-refractivity contribution in [1.29, 1.82) is 0 Å². The van der Waals surface area contributed by atoms with E-state index in [4.69, 9.17) is 11.6 Å². The zero-order valence-electron chi connectivity index (χ0n) is 11.3. The molecule has 0 aromatic heterocycles. The van der Waals surface area contributed by atoms with Gasteiger partial charge in [0.15, 0.2) is 0 Å². The number of piperidine rings is 1. The first-order valence-corrected chi connectivity index (χ1v) is 8.34. The lowest BCUT2D eigenvalue weighted by Crippen LogP contribution is -2.41. The maximum Gasteiger partial charge on any atom is 0.417 e. The Morgan fingerprint density at radius 2 is 1.95 bits per heavy atom. The van der Waals surface area contributed by atoms with Gasteiger partial charge in [0, 0.05) is 12.6 Å². The molecule has 1 saturated heterocycles. The second-order valence-corrected chi connectivity index (χ2v) is 7.40. The van der Waals surface area contributed by atoms with E-state index >= 15 is 0 Å². The van der Waals surface area contributed by atoms with Crippen LogP contribution in [0, 0.1) is 0 Å². The van der Waals surface area contributed by atoms with Crippen LogP contribution in [-0.2, 0) is 16.2 Å². The molecule has 8 heteroatoms. The minimum absolute atomic E-state index is 0.214. The number of rotatable bonds is 2. The van der Waals surface area contributed by atoms with Crippen molar-refractivity contribution >= 4 is 21.6 Å². The van der Waals surface area contributed by atoms with Crippen LogP contribution < -0.4 is 0 Å². The topological polar surface area (TPSA) is 37.4 Å². The highest BCUT2D eigenvalue weighted by Crippen LogP contribution is 2.37. The van der Waals surface area contributed by atoms with Crippen molar-refractivity contribution < 1.29 is 21.6 Å². The molecule has 0 spiro atoms. The first-order chi connectivity index (χ1) is 9.64. The van der Waals surface area contributed by atoms with Crippen LogP contribution in [0.1, 0.15) is 31.7 Å². The van der Waals surface area contributed by atoms with Gasteiger partial charge in [-0.3, -0.25) is 0 Å². The Morgan fingerprint density at radius 1 is 1.29 bits per heavy atom. The third-order valence-corrected chi connectivity index (χ3v) is 5.93. The van der Waals surface area contributed by atoms with E-state index in [0.717, 1.165) is 18.6 Å². The Morgan fingerprint density at radius 3 is 2.52 bits per heavy atom. The van der Waals surface area contributed by atoms with Gasteiger partial charge in [0.2, 0.25) is 10.0 Å². The van der Waals surface area contributed by atoms with Crippen molar-refractivity contribution in [2.45, 2.75) is 43.3 Å². The van der Waals surface area contributed by atoms with Gasteiger partial charge >= 0.3 is 6.18 Å². The Hall–Kier alpha value is -0.790. The Labute approximate surface area is 126 Å². The number of nitrogens with zero attached hydrogens (tertiary/aromatic N) is 1. The molecule has 0 amide bonds. The number of hydrogen-bond acceptors (Lipinski definition) is 2. The van der Waals surface area contributed by atoms with E-state index in [0.29, 0.717) is 25.5 Å². The quantitative estimate of drug-likeness (QED) is 0.817. The van der Waals surface area contributed by atoms with Gasteiger partial charge in [-0.2, -0.15) is 17.5 Å². The molecule has 3 nitrogen and oxygen atoms in total. The van der Waals surface area contributed by atoms with E-state index in [2.05, 4.69) is 0 Å². The predicted octanol–water partition coefficient (Wildman–Crippen LogP) is 3.92. The predicted molar refractivity (Wildman–Crippen MR) is 73.7 cm³/mol. The number of benzene rings is 1. The second kappa shape index (κ2) is 5.78. The minimum atomic E-state index is -4.68. The van der Waals surface area contributed by atoms with Crippen LogP contribution in [0.25, 0.3) is 0 Å². The van der Waals surface area contributed by atoms with Crippen molar-refractivity contribution in [3.63, 3.8) is 0 Å². The molecule has 0 aliphatic carbocycles. The molecule has 0 bridgehead atoms. The van der Waals surface area contributed by atoms with Crippen LogP contribution >= 0.6 is 11.6 Å². The summed E-state index contributed by atoms with van der Waals surface area (Å²) < 4.78 is 64.8. The van der Waals surface area contributed by atoms with E-state index < -0.39 is 26.8 Å². The molecule has 0 radical (unpaired) electrons. The maximum absolute atomic E-state index is 12.8. The van der Waals surface area contributed by atoms with Gasteiger partial charge in [0.1, 0.15) is 0 Å². The van der Waals surface area contributed by atoms with E-state index in [1.54, 1.807) is 6.92 Å². The van der Waals surface area contributed by atoms with Crippen molar-refractivity contribution in [1.82, 2.24) is 4.31 Å². The monoisotopic (exact) mass is 341 g/mol. The Bertz CT molecular complexity index is 631. The molecular formula is C13H15ClF3NO2S. The van der Waals surface area contributed by atoms with Gasteiger partial charge in [-0.1, -0.05) is 18.0 Å². The molecule has 118 valence electrons. The molecule has 1 aliphatic rings. The highest BCUT2D eigenvalue weighted by Gasteiger charge is 2.36. The molecule has 1 fully saturated rings. The minimum Gasteiger partial charge on any atom is -0.207 e. The van der Waals surface area contributed by atoms with Gasteiger partial charge in [-0.15, -0.1) is 0 Å². The summed E-state index contributed by atoms with van der Waals surface area (Å²) in [6.45, 7) is 2.09. The molecule has 2 rings (SSSR count). The SMILES string of the molecule is C[C@H]1CCCCN1S(=O)(=O)c1ccc(Cl)c(C(F)(F)F)c1.